The fourth-order valence-corrected chi connectivity index (χ4v) is 6.63. The van der Waals surface area contributed by atoms with Gasteiger partial charge in [-0.2, -0.15) is 0 Å². The molecule has 0 spiro atoms. The highest BCUT2D eigenvalue weighted by atomic mass is 16.5. The SMILES string of the molecule is CCCCCCCCCCCCCCCCCC(=O)N[C@@H](CC(=O)O)C(=O)OC(CCCCCCCC)CCCCCCCCCCC. The van der Waals surface area contributed by atoms with Crippen molar-refractivity contribution in [2.24, 2.45) is 0 Å². The molecule has 0 aromatic heterocycles. The number of esters is 1. The van der Waals surface area contributed by atoms with Crippen LogP contribution >= 0.6 is 0 Å². The van der Waals surface area contributed by atoms with Crippen LogP contribution in [-0.2, 0) is 19.1 Å². The van der Waals surface area contributed by atoms with Gasteiger partial charge in [0, 0.05) is 6.42 Å². The lowest BCUT2D eigenvalue weighted by Gasteiger charge is -2.22. The number of rotatable bonds is 38. The molecule has 0 saturated carbocycles. The summed E-state index contributed by atoms with van der Waals surface area (Å²) in [5, 5.41) is 12.2. The van der Waals surface area contributed by atoms with E-state index in [0.29, 0.717) is 6.42 Å². The fraction of sp³-hybridized carbons (Fsp3) is 0.929. The smallest absolute Gasteiger partial charge is 0.329 e. The van der Waals surface area contributed by atoms with E-state index < -0.39 is 24.4 Å². The second kappa shape index (κ2) is 36.7. The largest absolute Gasteiger partial charge is 0.481 e. The number of carboxylic acid groups (broad SMARTS) is 1. The number of aliphatic carboxylic acids is 1. The number of carbonyl (C=O) groups is 3. The summed E-state index contributed by atoms with van der Waals surface area (Å²) in [7, 11) is 0. The van der Waals surface area contributed by atoms with Crippen molar-refractivity contribution in [2.45, 2.75) is 251 Å². The molecule has 1 amide bonds. The molecule has 284 valence electrons. The van der Waals surface area contributed by atoms with Crippen LogP contribution in [0.1, 0.15) is 239 Å². The summed E-state index contributed by atoms with van der Waals surface area (Å²) >= 11 is 0. The Labute approximate surface area is 298 Å². The number of hydrogen-bond acceptors (Lipinski definition) is 4. The number of carboxylic acids is 1. The van der Waals surface area contributed by atoms with Crippen LogP contribution in [0.5, 0.6) is 0 Å². The third-order valence-electron chi connectivity index (χ3n) is 9.80. The Kier molecular flexibility index (Phi) is 35.5. The predicted octanol–water partition coefficient (Wildman–Crippen LogP) is 12.8. The average Bonchev–Trinajstić information content (AvgIpc) is 3.06. The number of hydrogen-bond donors (Lipinski definition) is 2. The molecule has 0 fully saturated rings. The molecule has 0 rings (SSSR count). The molecule has 0 aromatic carbocycles. The Morgan fingerprint density at radius 3 is 1.12 bits per heavy atom. The minimum atomic E-state index is -1.12. The topological polar surface area (TPSA) is 92.7 Å². The van der Waals surface area contributed by atoms with Crippen molar-refractivity contribution in [3.63, 3.8) is 0 Å². The van der Waals surface area contributed by atoms with Gasteiger partial charge in [0.2, 0.25) is 5.91 Å². The Morgan fingerprint density at radius 2 is 0.792 bits per heavy atom. The van der Waals surface area contributed by atoms with Gasteiger partial charge in [0.15, 0.2) is 0 Å². The minimum Gasteiger partial charge on any atom is -0.481 e. The molecule has 48 heavy (non-hydrogen) atoms. The summed E-state index contributed by atoms with van der Waals surface area (Å²) in [6, 6.07) is -1.12. The number of nitrogens with one attached hydrogen (secondary N) is 1. The molecule has 2 N–H and O–H groups in total. The molecule has 0 aliphatic heterocycles. The van der Waals surface area contributed by atoms with Crippen LogP contribution in [0.3, 0.4) is 0 Å². The van der Waals surface area contributed by atoms with Crippen molar-refractivity contribution >= 4 is 17.8 Å². The molecule has 0 heterocycles. The second-order valence-electron chi connectivity index (χ2n) is 14.7. The maximum absolute atomic E-state index is 13.2. The highest BCUT2D eigenvalue weighted by Gasteiger charge is 2.27. The first-order chi connectivity index (χ1) is 23.4. The minimum absolute atomic E-state index is 0.211. The molecule has 0 saturated heterocycles. The van der Waals surface area contributed by atoms with E-state index in [4.69, 9.17) is 4.74 Å². The van der Waals surface area contributed by atoms with E-state index in [1.165, 1.54) is 148 Å². The van der Waals surface area contributed by atoms with Crippen LogP contribution in [-0.4, -0.2) is 35.1 Å². The zero-order valence-electron chi connectivity index (χ0n) is 32.3. The van der Waals surface area contributed by atoms with Gasteiger partial charge in [-0.05, 0) is 32.1 Å². The molecule has 1 unspecified atom stereocenters. The van der Waals surface area contributed by atoms with E-state index in [-0.39, 0.29) is 12.0 Å². The van der Waals surface area contributed by atoms with E-state index in [1.54, 1.807) is 0 Å². The molecule has 0 aliphatic rings. The van der Waals surface area contributed by atoms with E-state index in [2.05, 4.69) is 26.1 Å². The molecule has 0 aliphatic carbocycles. The van der Waals surface area contributed by atoms with Crippen LogP contribution in [0.2, 0.25) is 0 Å². The van der Waals surface area contributed by atoms with Gasteiger partial charge in [0.25, 0.3) is 0 Å². The number of unbranched alkanes of at least 4 members (excludes halogenated alkanes) is 27. The van der Waals surface area contributed by atoms with Crippen LogP contribution < -0.4 is 5.32 Å². The van der Waals surface area contributed by atoms with Crippen molar-refractivity contribution in [1.82, 2.24) is 5.32 Å². The van der Waals surface area contributed by atoms with Gasteiger partial charge in [-0.15, -0.1) is 0 Å². The third-order valence-corrected chi connectivity index (χ3v) is 9.80. The normalized spacial score (nSPS) is 12.6. The number of amides is 1. The summed E-state index contributed by atoms with van der Waals surface area (Å²) in [5.74, 6) is -1.94. The van der Waals surface area contributed by atoms with E-state index >= 15 is 0 Å². The summed E-state index contributed by atoms with van der Waals surface area (Å²) < 4.78 is 5.93. The van der Waals surface area contributed by atoms with Gasteiger partial charge in [-0.25, -0.2) is 4.79 Å². The lowest BCUT2D eigenvalue weighted by Crippen LogP contribution is -2.44. The Morgan fingerprint density at radius 1 is 0.479 bits per heavy atom. The van der Waals surface area contributed by atoms with Gasteiger partial charge in [0.05, 0.1) is 6.42 Å². The van der Waals surface area contributed by atoms with Gasteiger partial charge in [0.1, 0.15) is 12.1 Å². The fourth-order valence-electron chi connectivity index (χ4n) is 6.63. The zero-order chi connectivity index (χ0) is 35.3. The summed E-state index contributed by atoms with van der Waals surface area (Å²) in [4.78, 5) is 37.5. The van der Waals surface area contributed by atoms with Crippen molar-refractivity contribution < 1.29 is 24.2 Å². The van der Waals surface area contributed by atoms with Crippen LogP contribution in [0.4, 0.5) is 0 Å². The maximum Gasteiger partial charge on any atom is 0.329 e. The first-order valence-electron chi connectivity index (χ1n) is 21.2. The van der Waals surface area contributed by atoms with Crippen molar-refractivity contribution in [1.29, 1.82) is 0 Å². The summed E-state index contributed by atoms with van der Waals surface area (Å²) in [6.07, 6.45) is 38.4. The van der Waals surface area contributed by atoms with Crippen molar-refractivity contribution in [3.05, 3.63) is 0 Å². The number of ether oxygens (including phenoxy) is 1. The summed E-state index contributed by atoms with van der Waals surface area (Å²) in [6.45, 7) is 6.73. The second-order valence-corrected chi connectivity index (χ2v) is 14.7. The van der Waals surface area contributed by atoms with Crippen LogP contribution in [0.25, 0.3) is 0 Å². The monoisotopic (exact) mass is 680 g/mol. The first kappa shape index (κ1) is 46.4. The molecule has 6 nitrogen and oxygen atoms in total. The van der Waals surface area contributed by atoms with Crippen molar-refractivity contribution in [2.75, 3.05) is 0 Å². The molecule has 0 radical (unpaired) electrons. The van der Waals surface area contributed by atoms with Crippen LogP contribution in [0, 0.1) is 0 Å². The van der Waals surface area contributed by atoms with Gasteiger partial charge >= 0.3 is 11.9 Å². The number of carbonyl (C=O) groups excluding carboxylic acids is 2. The molecular formula is C42H81NO5. The quantitative estimate of drug-likeness (QED) is 0.0500. The molecule has 6 heteroatoms. The predicted molar refractivity (Wildman–Crippen MR) is 203 cm³/mol. The molecule has 2 atom stereocenters. The average molecular weight is 680 g/mol. The molecule has 0 bridgehead atoms. The standard InChI is InChI=1S/C42H81NO5/c1-4-7-10-13-16-18-19-20-21-22-23-25-27-30-33-36-40(44)43-39(37-41(45)46)42(47)48-38(34-31-28-15-12-9-6-3)35-32-29-26-24-17-14-11-8-5-2/h38-39H,4-37H2,1-3H3,(H,43,44)(H,45,46)/t38?,39-/m0/s1. The lowest BCUT2D eigenvalue weighted by atomic mass is 10.0. The highest BCUT2D eigenvalue weighted by Crippen LogP contribution is 2.19. The van der Waals surface area contributed by atoms with Crippen molar-refractivity contribution in [3.8, 4) is 0 Å². The zero-order valence-corrected chi connectivity index (χ0v) is 32.3. The maximum atomic E-state index is 13.2. The van der Waals surface area contributed by atoms with E-state index in [9.17, 15) is 19.5 Å². The molecular weight excluding hydrogens is 598 g/mol. The highest BCUT2D eigenvalue weighted by molar-refractivity contribution is 5.87. The van der Waals surface area contributed by atoms with Gasteiger partial charge in [-0.1, -0.05) is 194 Å². The van der Waals surface area contributed by atoms with Gasteiger partial charge in [-0.3, -0.25) is 9.59 Å². The Bertz CT molecular complexity index is 727. The van der Waals surface area contributed by atoms with E-state index in [1.807, 2.05) is 0 Å². The van der Waals surface area contributed by atoms with Gasteiger partial charge < -0.3 is 15.2 Å². The Balaban J connectivity index is 4.43. The Hall–Kier alpha value is -1.59. The lowest BCUT2D eigenvalue weighted by molar-refractivity contribution is -0.156. The summed E-state index contributed by atoms with van der Waals surface area (Å²) in [5.41, 5.74) is 0. The van der Waals surface area contributed by atoms with Crippen LogP contribution in [0.15, 0.2) is 0 Å². The van der Waals surface area contributed by atoms with E-state index in [0.717, 1.165) is 57.8 Å². The molecule has 0 aromatic rings. The third kappa shape index (κ3) is 32.9. The first-order valence-corrected chi connectivity index (χ1v) is 21.2.